The van der Waals surface area contributed by atoms with Crippen molar-refractivity contribution in [2.24, 2.45) is 7.05 Å². The molecule has 5 aromatic rings. The van der Waals surface area contributed by atoms with Crippen molar-refractivity contribution < 1.29 is 58.6 Å². The Labute approximate surface area is 482 Å². The van der Waals surface area contributed by atoms with Gasteiger partial charge in [-0.25, -0.2) is 4.98 Å². The topological polar surface area (TPSA) is 318 Å². The van der Waals surface area contributed by atoms with Crippen molar-refractivity contribution in [1.29, 1.82) is 0 Å². The summed E-state index contributed by atoms with van der Waals surface area (Å²) in [6, 6.07) is 20.3. The number of anilines is 1. The van der Waals surface area contributed by atoms with Crippen LogP contribution in [0.1, 0.15) is 39.9 Å². The Bertz CT molecular complexity index is 2910. The number of nitrogens with one attached hydrogen (secondary N) is 6. The van der Waals surface area contributed by atoms with Gasteiger partial charge in [0.1, 0.15) is 11.6 Å². The summed E-state index contributed by atoms with van der Waals surface area (Å²) >= 11 is 0. The molecule has 7 rings (SSSR count). The predicted octanol–water partition coefficient (Wildman–Crippen LogP) is 0.683. The molecular formula is C58H80N12O13. The molecule has 0 aliphatic carbocycles. The number of carbonyl (C=O) groups excluding carboxylic acids is 2. The molecule has 2 aliphatic rings. The van der Waals surface area contributed by atoms with E-state index in [-0.39, 0.29) is 50.2 Å². The number of rotatable bonds is 32. The number of carboxylic acids is 3. The monoisotopic (exact) mass is 1150 g/mol. The van der Waals surface area contributed by atoms with Crippen molar-refractivity contribution in [3.8, 4) is 11.1 Å². The van der Waals surface area contributed by atoms with Crippen LogP contribution < -0.4 is 32.0 Å². The highest BCUT2D eigenvalue weighted by Gasteiger charge is 2.33. The Kier molecular flexibility index (Phi) is 25.4. The number of aromatic amines is 1. The first-order chi connectivity index (χ1) is 40.2. The smallest absolute Gasteiger partial charge is 0.322 e. The maximum Gasteiger partial charge on any atom is 0.322 e. The molecule has 0 bridgehead atoms. The number of H-pyrrole nitrogens is 1. The number of carboxylic acid groups (broad SMARTS) is 3. The summed E-state index contributed by atoms with van der Waals surface area (Å²) in [4.78, 5) is 89.7. The Morgan fingerprint density at radius 3 is 1.98 bits per heavy atom. The van der Waals surface area contributed by atoms with Crippen LogP contribution in [0.3, 0.4) is 0 Å². The van der Waals surface area contributed by atoms with Crippen molar-refractivity contribution in [2.75, 3.05) is 137 Å². The molecule has 4 heterocycles. The molecule has 2 unspecified atom stereocenters. The molecule has 3 aromatic carbocycles. The third-order valence-corrected chi connectivity index (χ3v) is 14.5. The van der Waals surface area contributed by atoms with E-state index in [1.54, 1.807) is 39.9 Å². The van der Waals surface area contributed by atoms with E-state index in [4.69, 9.17) is 14.2 Å². The molecule has 25 nitrogen and oxygen atoms in total. The normalized spacial score (nSPS) is 17.1. The van der Waals surface area contributed by atoms with Crippen molar-refractivity contribution in [2.45, 2.75) is 50.7 Å². The van der Waals surface area contributed by atoms with Crippen molar-refractivity contribution >= 4 is 46.6 Å². The minimum atomic E-state index is -1.14. The van der Waals surface area contributed by atoms with Gasteiger partial charge in [0.05, 0.1) is 64.3 Å². The van der Waals surface area contributed by atoms with Gasteiger partial charge in [0.15, 0.2) is 5.95 Å². The third kappa shape index (κ3) is 21.2. The molecule has 0 spiro atoms. The highest BCUT2D eigenvalue weighted by Crippen LogP contribution is 2.22. The Morgan fingerprint density at radius 1 is 0.699 bits per heavy atom. The summed E-state index contributed by atoms with van der Waals surface area (Å²) < 4.78 is 18.7. The van der Waals surface area contributed by atoms with Crippen LogP contribution in [0.25, 0.3) is 22.0 Å². The lowest BCUT2D eigenvalue weighted by molar-refractivity contribution is -0.140. The highest BCUT2D eigenvalue weighted by molar-refractivity contribution is 5.97. The number of hydrogen-bond acceptors (Lipinski definition) is 18. The maximum absolute atomic E-state index is 13.4. The average molecular weight is 1150 g/mol. The van der Waals surface area contributed by atoms with Crippen LogP contribution in [-0.2, 0) is 60.1 Å². The van der Waals surface area contributed by atoms with Gasteiger partial charge < -0.3 is 65.5 Å². The summed E-state index contributed by atoms with van der Waals surface area (Å²) in [5, 5.41) is 54.9. The number of hydrogen-bond donors (Lipinski definition) is 10. The van der Waals surface area contributed by atoms with Gasteiger partial charge in [-0.1, -0.05) is 54.6 Å². The van der Waals surface area contributed by atoms with E-state index < -0.39 is 41.4 Å². The number of fused-ring (bicyclic) bond motifs is 2. The summed E-state index contributed by atoms with van der Waals surface area (Å²) in [5.41, 5.74) is 5.09. The molecule has 10 N–H and O–H groups in total. The number of aliphatic carboxylic acids is 3. The van der Waals surface area contributed by atoms with Gasteiger partial charge in [0.2, 0.25) is 11.3 Å². The van der Waals surface area contributed by atoms with Crippen molar-refractivity contribution in [3.05, 3.63) is 118 Å². The van der Waals surface area contributed by atoms with Gasteiger partial charge in [0, 0.05) is 129 Å². The van der Waals surface area contributed by atoms with Crippen LogP contribution in [0, 0.1) is 0 Å². The number of nitrogens with zero attached hydrogens (tertiary/aromatic N) is 6. The molecule has 25 heteroatoms. The number of carbonyl (C=O) groups is 5. The number of aliphatic hydroxyl groups is 1. The van der Waals surface area contributed by atoms with E-state index in [0.29, 0.717) is 135 Å². The first-order valence-electron chi connectivity index (χ1n) is 28.2. The van der Waals surface area contributed by atoms with Crippen molar-refractivity contribution in [1.82, 2.24) is 55.4 Å². The zero-order valence-corrected chi connectivity index (χ0v) is 47.1. The van der Waals surface area contributed by atoms with E-state index in [2.05, 4.69) is 65.7 Å². The summed E-state index contributed by atoms with van der Waals surface area (Å²) in [6.07, 6.45) is 5.65. The number of benzene rings is 3. The fourth-order valence-electron chi connectivity index (χ4n) is 10.1. The molecule has 2 fully saturated rings. The van der Waals surface area contributed by atoms with E-state index >= 15 is 0 Å². The van der Waals surface area contributed by atoms with Crippen molar-refractivity contribution in [3.63, 3.8) is 0 Å². The summed E-state index contributed by atoms with van der Waals surface area (Å²) in [6.45, 7) is 8.17. The Morgan fingerprint density at radius 2 is 1.31 bits per heavy atom. The zero-order chi connectivity index (χ0) is 58.9. The number of aromatic nitrogens is 3. The molecule has 83 heavy (non-hydrogen) atoms. The molecule has 450 valence electrons. The van der Waals surface area contributed by atoms with Gasteiger partial charge in [-0.3, -0.25) is 53.7 Å². The van der Waals surface area contributed by atoms with Crippen LogP contribution in [-0.4, -0.2) is 234 Å². The molecule has 3 atom stereocenters. The standard InChI is InChI=1S/C58H80N12O13/c1-66-37-49(55(77)48-12-7-43(29-51(48)66)33-65-58-61-14-15-62-58)56(78)64-34-50(57(79)80)63-32-42-5-10-45(11-6-42)44-8-3-41(4-9-44)31-59-13-2-23-81-25-27-83-28-26-82-24-16-60-52(72)38-67-17-18-68(39-53(73)74)19-20-69(40-54(75)76)35-46-30-47(71)36-70(46)22-21-67/h3-12,14-15,29,37,46-47,50,59,63,71H,2,13,16-28,30-36,38-40H2,1H3,(H,60,72)(H,64,78)(H,73,74)(H,75,76)(H,79,80)(H2,61,62,65)/t46?,47?,50-/m0/s1. The van der Waals surface area contributed by atoms with E-state index in [0.717, 1.165) is 40.8 Å². The lowest BCUT2D eigenvalue weighted by Gasteiger charge is -2.34. The number of amides is 2. The molecule has 2 amide bonds. The lowest BCUT2D eigenvalue weighted by Crippen LogP contribution is -2.50. The number of ether oxygens (including phenoxy) is 3. The fraction of sp³-hybridized carbons (Fsp3) is 0.500. The minimum Gasteiger partial charge on any atom is -0.480 e. The van der Waals surface area contributed by atoms with Crippen LogP contribution >= 0.6 is 0 Å². The second-order valence-corrected chi connectivity index (χ2v) is 20.8. The molecule has 2 saturated heterocycles. The second-order valence-electron chi connectivity index (χ2n) is 20.8. The Hall–Kier alpha value is -7.17. The third-order valence-electron chi connectivity index (χ3n) is 14.5. The zero-order valence-electron chi connectivity index (χ0n) is 47.1. The molecule has 0 saturated carbocycles. The SMILES string of the molecule is Cn1cc(C(=O)NC[C@H](NCc2ccc(-c3ccc(CNCCCOCCOCCOCCNC(=O)CN4CCN(CC(=O)O)CCN(CC(=O)O)CC5CC(O)CN5CC4)cc3)cc2)C(=O)O)c(=O)c2ccc(CNc3ncc[nH]3)cc21. The number of pyridine rings is 1. The molecule has 2 aliphatic heterocycles. The second kappa shape index (κ2) is 33.2. The average Bonchev–Trinajstić information content (AvgIpc) is 4.20. The summed E-state index contributed by atoms with van der Waals surface area (Å²) in [7, 11) is 1.75. The first-order valence-corrected chi connectivity index (χ1v) is 28.2. The minimum absolute atomic E-state index is 0.0488. The van der Waals surface area contributed by atoms with Gasteiger partial charge in [-0.05, 0) is 59.3 Å². The van der Waals surface area contributed by atoms with Crippen LogP contribution in [0.4, 0.5) is 5.95 Å². The molecule has 2 aromatic heterocycles. The predicted molar refractivity (Wildman–Crippen MR) is 310 cm³/mol. The van der Waals surface area contributed by atoms with E-state index in [9.17, 15) is 49.2 Å². The van der Waals surface area contributed by atoms with Gasteiger partial charge in [0.25, 0.3) is 5.91 Å². The van der Waals surface area contributed by atoms with Crippen LogP contribution in [0.2, 0.25) is 0 Å². The van der Waals surface area contributed by atoms with Gasteiger partial charge in [-0.15, -0.1) is 0 Å². The van der Waals surface area contributed by atoms with Crippen LogP contribution in [0.15, 0.2) is 90.1 Å². The van der Waals surface area contributed by atoms with E-state index in [1.807, 2.05) is 41.3 Å². The molecular weight excluding hydrogens is 1070 g/mol. The maximum atomic E-state index is 13.4. The number of imidazole rings is 1. The lowest BCUT2D eigenvalue weighted by atomic mass is 10.0. The van der Waals surface area contributed by atoms with Gasteiger partial charge in [-0.2, -0.15) is 0 Å². The fourth-order valence-corrected chi connectivity index (χ4v) is 10.1. The van der Waals surface area contributed by atoms with Gasteiger partial charge >= 0.3 is 17.9 Å². The largest absolute Gasteiger partial charge is 0.480 e. The first kappa shape index (κ1) is 63.4. The van der Waals surface area contributed by atoms with Crippen LogP contribution in [0.5, 0.6) is 0 Å². The number of aryl methyl sites for hydroxylation is 1. The number of aliphatic hydroxyl groups excluding tert-OH is 1. The summed E-state index contributed by atoms with van der Waals surface area (Å²) in [5.74, 6) is -3.29. The quantitative estimate of drug-likeness (QED) is 0.0265. The highest BCUT2D eigenvalue weighted by atomic mass is 16.5. The Balaban J connectivity index is 0.703. The van der Waals surface area contributed by atoms with E-state index in [1.165, 1.54) is 6.20 Å². The molecule has 0 radical (unpaired) electrons.